The second kappa shape index (κ2) is 5.33. The number of nitrogens with one attached hydrogen (secondary N) is 1. The van der Waals surface area contributed by atoms with Gasteiger partial charge in [0, 0.05) is 22.0 Å². The Balaban J connectivity index is 2.02. The van der Waals surface area contributed by atoms with Gasteiger partial charge in [0.1, 0.15) is 5.82 Å². The van der Waals surface area contributed by atoms with Crippen molar-refractivity contribution in [2.75, 3.05) is 5.32 Å². The predicted octanol–water partition coefficient (Wildman–Crippen LogP) is 5.11. The minimum Gasteiger partial charge on any atom is -0.380 e. The van der Waals surface area contributed by atoms with E-state index >= 15 is 0 Å². The second-order valence-corrected chi connectivity index (χ2v) is 7.00. The lowest BCUT2D eigenvalue weighted by Crippen LogP contribution is -2.07. The van der Waals surface area contributed by atoms with E-state index in [4.69, 9.17) is 0 Å². The average molecular weight is 277 g/mol. The van der Waals surface area contributed by atoms with Crippen molar-refractivity contribution in [1.29, 1.82) is 0 Å². The molecule has 0 radical (unpaired) electrons. The average Bonchev–Trinajstić information content (AvgIpc) is 2.79. The third kappa shape index (κ3) is 3.57. The van der Waals surface area contributed by atoms with Crippen molar-refractivity contribution >= 4 is 17.0 Å². The van der Waals surface area contributed by atoms with Crippen LogP contribution in [0.2, 0.25) is 0 Å². The fourth-order valence-corrected chi connectivity index (χ4v) is 2.77. The van der Waals surface area contributed by atoms with Crippen LogP contribution in [0.25, 0.3) is 0 Å². The Labute approximate surface area is 118 Å². The molecule has 0 atom stereocenters. The number of hydrogen-bond donors (Lipinski definition) is 1. The largest absolute Gasteiger partial charge is 0.380 e. The summed E-state index contributed by atoms with van der Waals surface area (Å²) in [4.78, 5) is 2.64. The van der Waals surface area contributed by atoms with Gasteiger partial charge in [-0.05, 0) is 42.2 Å². The Morgan fingerprint density at radius 2 is 1.89 bits per heavy atom. The van der Waals surface area contributed by atoms with E-state index in [0.29, 0.717) is 5.56 Å². The zero-order chi connectivity index (χ0) is 14.0. The summed E-state index contributed by atoms with van der Waals surface area (Å²) in [5.74, 6) is -0.161. The van der Waals surface area contributed by atoms with E-state index in [1.807, 2.05) is 17.4 Å². The molecule has 0 bridgehead atoms. The summed E-state index contributed by atoms with van der Waals surface area (Å²) in [6.07, 6.45) is 0. The monoisotopic (exact) mass is 277 g/mol. The van der Waals surface area contributed by atoms with Gasteiger partial charge >= 0.3 is 0 Å². The Morgan fingerprint density at radius 1 is 1.16 bits per heavy atom. The fraction of sp³-hybridized carbons (Fsp3) is 0.375. The molecule has 3 heteroatoms. The normalized spacial score (nSPS) is 11.6. The molecule has 0 saturated carbocycles. The van der Waals surface area contributed by atoms with Crippen molar-refractivity contribution < 1.29 is 4.39 Å². The van der Waals surface area contributed by atoms with Crippen LogP contribution in [0.4, 0.5) is 10.1 Å². The summed E-state index contributed by atoms with van der Waals surface area (Å²) < 4.78 is 13.4. The lowest BCUT2D eigenvalue weighted by Gasteiger charge is -2.15. The molecule has 0 spiro atoms. The lowest BCUT2D eigenvalue weighted by molar-refractivity contribution is 0.604. The summed E-state index contributed by atoms with van der Waals surface area (Å²) in [6, 6.07) is 9.58. The molecule has 1 heterocycles. The van der Waals surface area contributed by atoms with E-state index in [0.717, 1.165) is 12.2 Å². The van der Waals surface area contributed by atoms with Gasteiger partial charge in [-0.3, -0.25) is 0 Å². The first-order chi connectivity index (χ1) is 8.86. The van der Waals surface area contributed by atoms with Crippen LogP contribution in [0, 0.1) is 12.7 Å². The number of thiophene rings is 1. The summed E-state index contributed by atoms with van der Waals surface area (Å²) in [5.41, 5.74) is 1.70. The minimum absolute atomic E-state index is 0.161. The molecule has 19 heavy (non-hydrogen) atoms. The van der Waals surface area contributed by atoms with Crippen molar-refractivity contribution in [3.8, 4) is 0 Å². The van der Waals surface area contributed by atoms with Gasteiger partial charge in [-0.1, -0.05) is 26.8 Å². The van der Waals surface area contributed by atoms with Gasteiger partial charge in [-0.25, -0.2) is 4.39 Å². The summed E-state index contributed by atoms with van der Waals surface area (Å²) in [5, 5.41) is 3.26. The number of benzene rings is 1. The van der Waals surface area contributed by atoms with Gasteiger partial charge in [0.2, 0.25) is 0 Å². The second-order valence-electron chi connectivity index (χ2n) is 5.83. The number of hydrogen-bond acceptors (Lipinski definition) is 2. The van der Waals surface area contributed by atoms with Crippen LogP contribution in [-0.2, 0) is 12.0 Å². The molecule has 1 aromatic heterocycles. The van der Waals surface area contributed by atoms with Crippen molar-refractivity contribution in [2.24, 2.45) is 0 Å². The van der Waals surface area contributed by atoms with Crippen LogP contribution >= 0.6 is 11.3 Å². The minimum atomic E-state index is -0.161. The van der Waals surface area contributed by atoms with Crippen molar-refractivity contribution in [2.45, 2.75) is 39.7 Å². The van der Waals surface area contributed by atoms with E-state index in [-0.39, 0.29) is 11.2 Å². The summed E-state index contributed by atoms with van der Waals surface area (Å²) in [6.45, 7) is 9.15. The SMILES string of the molecule is Cc1ccc(NCc2ccc(C(C)(C)C)s2)cc1F. The van der Waals surface area contributed by atoms with E-state index in [2.05, 4.69) is 38.2 Å². The summed E-state index contributed by atoms with van der Waals surface area (Å²) in [7, 11) is 0. The molecule has 0 aliphatic rings. The smallest absolute Gasteiger partial charge is 0.128 e. The highest BCUT2D eigenvalue weighted by Crippen LogP contribution is 2.29. The van der Waals surface area contributed by atoms with Crippen molar-refractivity contribution in [3.05, 3.63) is 51.5 Å². The van der Waals surface area contributed by atoms with Gasteiger partial charge in [0.05, 0.1) is 0 Å². The molecule has 0 saturated heterocycles. The first-order valence-electron chi connectivity index (χ1n) is 6.45. The lowest BCUT2D eigenvalue weighted by atomic mass is 9.95. The Kier molecular flexibility index (Phi) is 3.95. The van der Waals surface area contributed by atoms with Gasteiger partial charge in [0.15, 0.2) is 0 Å². The molecule has 2 rings (SSSR count). The van der Waals surface area contributed by atoms with E-state index in [1.54, 1.807) is 19.1 Å². The Bertz CT molecular complexity index is 566. The molecule has 0 aliphatic heterocycles. The molecular formula is C16H20FNS. The molecule has 0 fully saturated rings. The highest BCUT2D eigenvalue weighted by Gasteiger charge is 2.15. The number of halogens is 1. The van der Waals surface area contributed by atoms with Crippen LogP contribution < -0.4 is 5.32 Å². The molecule has 1 N–H and O–H groups in total. The van der Waals surface area contributed by atoms with Crippen LogP contribution in [0.5, 0.6) is 0 Å². The van der Waals surface area contributed by atoms with Crippen molar-refractivity contribution in [1.82, 2.24) is 0 Å². The highest BCUT2D eigenvalue weighted by atomic mass is 32.1. The third-order valence-electron chi connectivity index (χ3n) is 3.04. The molecule has 0 amide bonds. The third-order valence-corrected chi connectivity index (χ3v) is 4.55. The molecule has 102 valence electrons. The first kappa shape index (κ1) is 14.1. The molecule has 0 unspecified atom stereocenters. The van der Waals surface area contributed by atoms with E-state index in [1.165, 1.54) is 9.75 Å². The summed E-state index contributed by atoms with van der Waals surface area (Å²) >= 11 is 1.81. The van der Waals surface area contributed by atoms with E-state index < -0.39 is 0 Å². The van der Waals surface area contributed by atoms with Gasteiger partial charge < -0.3 is 5.32 Å². The molecule has 0 aliphatic carbocycles. The Hall–Kier alpha value is -1.35. The zero-order valence-corrected chi connectivity index (χ0v) is 12.7. The van der Waals surface area contributed by atoms with Gasteiger partial charge in [0.25, 0.3) is 0 Å². The quantitative estimate of drug-likeness (QED) is 0.822. The maximum absolute atomic E-state index is 13.4. The number of rotatable bonds is 3. The maximum atomic E-state index is 13.4. The van der Waals surface area contributed by atoms with Crippen LogP contribution in [0.1, 0.15) is 36.1 Å². The maximum Gasteiger partial charge on any atom is 0.128 e. The highest BCUT2D eigenvalue weighted by molar-refractivity contribution is 7.12. The standard InChI is InChI=1S/C16H20FNS/c1-11-5-6-12(9-14(11)17)18-10-13-7-8-15(19-13)16(2,3)4/h5-9,18H,10H2,1-4H3. The van der Waals surface area contributed by atoms with Crippen LogP contribution in [0.3, 0.4) is 0 Å². The molecule has 2 aromatic rings. The fourth-order valence-electron chi connectivity index (χ4n) is 1.77. The molecule has 1 aromatic carbocycles. The Morgan fingerprint density at radius 3 is 2.47 bits per heavy atom. The molecular weight excluding hydrogens is 257 g/mol. The van der Waals surface area contributed by atoms with E-state index in [9.17, 15) is 4.39 Å². The predicted molar refractivity (Wildman–Crippen MR) is 81.5 cm³/mol. The van der Waals surface area contributed by atoms with Crippen molar-refractivity contribution in [3.63, 3.8) is 0 Å². The molecule has 1 nitrogen and oxygen atoms in total. The zero-order valence-electron chi connectivity index (χ0n) is 11.9. The first-order valence-corrected chi connectivity index (χ1v) is 7.27. The van der Waals surface area contributed by atoms with Crippen LogP contribution in [-0.4, -0.2) is 0 Å². The van der Waals surface area contributed by atoms with Gasteiger partial charge in [-0.15, -0.1) is 11.3 Å². The van der Waals surface area contributed by atoms with Gasteiger partial charge in [-0.2, -0.15) is 0 Å². The topological polar surface area (TPSA) is 12.0 Å². The number of anilines is 1. The van der Waals surface area contributed by atoms with Crippen LogP contribution in [0.15, 0.2) is 30.3 Å². The number of aryl methyl sites for hydroxylation is 1.